The quantitative estimate of drug-likeness (QED) is 0.463. The van der Waals surface area contributed by atoms with Gasteiger partial charge in [0.1, 0.15) is 10.7 Å². The second-order valence-electron chi connectivity index (χ2n) is 7.23. The maximum absolute atomic E-state index is 12.9. The maximum atomic E-state index is 12.9. The fourth-order valence-electron chi connectivity index (χ4n) is 3.74. The average Bonchev–Trinajstić information content (AvgIpc) is 2.90. The highest BCUT2D eigenvalue weighted by Crippen LogP contribution is 2.35. The van der Waals surface area contributed by atoms with Crippen molar-refractivity contribution < 1.29 is 9.47 Å². The normalized spacial score (nSPS) is 13.9. The lowest BCUT2D eigenvalue weighted by Gasteiger charge is -2.12. The number of aromatic nitrogens is 2. The summed E-state index contributed by atoms with van der Waals surface area (Å²) in [4.78, 5) is 22.8. The first-order valence-corrected chi connectivity index (χ1v) is 10.9. The summed E-state index contributed by atoms with van der Waals surface area (Å²) in [6.45, 7) is 2.79. The largest absolute Gasteiger partial charge is 0.493 e. The first-order chi connectivity index (χ1) is 13.7. The van der Waals surface area contributed by atoms with E-state index < -0.39 is 0 Å². The lowest BCUT2D eigenvalue weighted by molar-refractivity contribution is 0.288. The van der Waals surface area contributed by atoms with Gasteiger partial charge in [-0.05, 0) is 55.9 Å². The molecule has 6 heteroatoms. The molecule has 2 heterocycles. The molecule has 1 aliphatic rings. The van der Waals surface area contributed by atoms with Crippen LogP contribution in [0.15, 0.2) is 23.0 Å². The van der Waals surface area contributed by atoms with E-state index in [9.17, 15) is 4.79 Å². The Kier molecular flexibility index (Phi) is 5.67. The van der Waals surface area contributed by atoms with E-state index >= 15 is 0 Å². The highest BCUT2D eigenvalue weighted by molar-refractivity contribution is 7.18. The van der Waals surface area contributed by atoms with Gasteiger partial charge in [-0.25, -0.2) is 4.98 Å². The second kappa shape index (κ2) is 8.35. The van der Waals surface area contributed by atoms with Crippen LogP contribution in [0.25, 0.3) is 21.6 Å². The first kappa shape index (κ1) is 19.0. The number of hydrogen-bond donors (Lipinski definition) is 1. The number of benzene rings is 1. The molecule has 0 radical (unpaired) electrons. The molecule has 0 bridgehead atoms. The molecule has 28 heavy (non-hydrogen) atoms. The third-order valence-electron chi connectivity index (χ3n) is 5.27. The number of nitrogens with one attached hydrogen (secondary N) is 1. The summed E-state index contributed by atoms with van der Waals surface area (Å²) in [5, 5.41) is 0.789. The Morgan fingerprint density at radius 3 is 2.86 bits per heavy atom. The summed E-state index contributed by atoms with van der Waals surface area (Å²) in [6.07, 6.45) is 7.70. The van der Waals surface area contributed by atoms with E-state index in [2.05, 4.69) is 11.9 Å². The summed E-state index contributed by atoms with van der Waals surface area (Å²) in [5.74, 6) is 1.94. The van der Waals surface area contributed by atoms with Crippen molar-refractivity contribution in [2.45, 2.75) is 51.9 Å². The fourth-order valence-corrected chi connectivity index (χ4v) is 5.00. The van der Waals surface area contributed by atoms with Crippen LogP contribution in [0, 0.1) is 0 Å². The zero-order valence-corrected chi connectivity index (χ0v) is 17.3. The van der Waals surface area contributed by atoms with Gasteiger partial charge in [0, 0.05) is 10.4 Å². The molecule has 0 fully saturated rings. The molecule has 0 spiro atoms. The Morgan fingerprint density at radius 1 is 1.18 bits per heavy atom. The van der Waals surface area contributed by atoms with Crippen LogP contribution in [0.2, 0.25) is 0 Å². The number of thiophene rings is 1. The molecular formula is C22H26N2O3S. The summed E-state index contributed by atoms with van der Waals surface area (Å²) in [7, 11) is 1.63. The van der Waals surface area contributed by atoms with E-state index in [0.29, 0.717) is 23.9 Å². The summed E-state index contributed by atoms with van der Waals surface area (Å²) >= 11 is 1.68. The van der Waals surface area contributed by atoms with E-state index in [1.165, 1.54) is 23.3 Å². The minimum atomic E-state index is -0.0401. The molecule has 0 saturated heterocycles. The number of aromatic amines is 1. The Labute approximate surface area is 168 Å². The average molecular weight is 399 g/mol. The highest BCUT2D eigenvalue weighted by Gasteiger charge is 2.19. The van der Waals surface area contributed by atoms with Crippen molar-refractivity contribution in [2.75, 3.05) is 13.7 Å². The lowest BCUT2D eigenvalue weighted by Crippen LogP contribution is -2.10. The van der Waals surface area contributed by atoms with Crippen LogP contribution in [-0.2, 0) is 12.8 Å². The standard InChI is InChI=1S/C22H26N2O3S/c1-3-4-12-27-16-11-10-14(13-17(16)26-2)20-23-21(25)19-15-8-6-5-7-9-18(15)28-22(19)24-20/h10-11,13H,3-9,12H2,1-2H3,(H,23,24,25). The lowest BCUT2D eigenvalue weighted by atomic mass is 10.1. The molecule has 148 valence electrons. The SMILES string of the molecule is CCCCOc1ccc(-c2nc3sc4c(c3c(=O)[nH]2)CCCCC4)cc1OC. The molecule has 0 atom stereocenters. The molecule has 0 saturated carbocycles. The Bertz CT molecular complexity index is 1040. The van der Waals surface area contributed by atoms with Crippen LogP contribution in [0.1, 0.15) is 49.5 Å². The molecule has 5 nitrogen and oxygen atoms in total. The molecule has 1 aromatic carbocycles. The number of nitrogens with zero attached hydrogens (tertiary/aromatic N) is 1. The number of methoxy groups -OCH3 is 1. The van der Waals surface area contributed by atoms with E-state index in [1.54, 1.807) is 18.4 Å². The van der Waals surface area contributed by atoms with Crippen molar-refractivity contribution >= 4 is 21.6 Å². The van der Waals surface area contributed by atoms with Crippen LogP contribution >= 0.6 is 11.3 Å². The van der Waals surface area contributed by atoms with Crippen LogP contribution in [0.4, 0.5) is 0 Å². The third-order valence-corrected chi connectivity index (χ3v) is 6.45. The van der Waals surface area contributed by atoms with Crippen LogP contribution in [0.3, 0.4) is 0 Å². The summed E-state index contributed by atoms with van der Waals surface area (Å²) in [6, 6.07) is 5.69. The molecule has 0 unspecified atom stereocenters. The minimum absolute atomic E-state index is 0.0401. The third kappa shape index (κ3) is 3.65. The van der Waals surface area contributed by atoms with Gasteiger partial charge in [0.15, 0.2) is 11.5 Å². The number of aryl methyl sites for hydroxylation is 2. The smallest absolute Gasteiger partial charge is 0.260 e. The van der Waals surface area contributed by atoms with Crippen molar-refractivity contribution in [2.24, 2.45) is 0 Å². The van der Waals surface area contributed by atoms with Gasteiger partial charge in [-0.2, -0.15) is 0 Å². The second-order valence-corrected chi connectivity index (χ2v) is 8.31. The molecule has 1 N–H and O–H groups in total. The van der Waals surface area contributed by atoms with E-state index in [4.69, 9.17) is 14.5 Å². The van der Waals surface area contributed by atoms with Gasteiger partial charge < -0.3 is 14.5 Å². The number of rotatable bonds is 6. The number of H-pyrrole nitrogens is 1. The maximum Gasteiger partial charge on any atom is 0.260 e. The molecular weight excluding hydrogens is 372 g/mol. The van der Waals surface area contributed by atoms with E-state index in [1.807, 2.05) is 18.2 Å². The molecule has 3 aromatic rings. The topological polar surface area (TPSA) is 64.2 Å². The van der Waals surface area contributed by atoms with Crippen molar-refractivity contribution in [1.82, 2.24) is 9.97 Å². The van der Waals surface area contributed by atoms with Crippen LogP contribution < -0.4 is 15.0 Å². The van der Waals surface area contributed by atoms with Gasteiger partial charge in [-0.15, -0.1) is 11.3 Å². The predicted molar refractivity (Wildman–Crippen MR) is 114 cm³/mol. The highest BCUT2D eigenvalue weighted by atomic mass is 32.1. The summed E-state index contributed by atoms with van der Waals surface area (Å²) < 4.78 is 11.3. The van der Waals surface area contributed by atoms with Gasteiger partial charge in [0.25, 0.3) is 5.56 Å². The fraction of sp³-hybridized carbons (Fsp3) is 0.455. The molecule has 0 amide bonds. The van der Waals surface area contributed by atoms with Crippen LogP contribution in [0.5, 0.6) is 11.5 Å². The predicted octanol–water partition coefficient (Wildman–Crippen LogP) is 5.11. The van der Waals surface area contributed by atoms with Crippen molar-refractivity contribution in [3.05, 3.63) is 39.0 Å². The Morgan fingerprint density at radius 2 is 2.04 bits per heavy atom. The van der Waals surface area contributed by atoms with Crippen LogP contribution in [-0.4, -0.2) is 23.7 Å². The van der Waals surface area contributed by atoms with Gasteiger partial charge in [-0.3, -0.25) is 4.79 Å². The number of hydrogen-bond acceptors (Lipinski definition) is 5. The van der Waals surface area contributed by atoms with Crippen molar-refractivity contribution in [1.29, 1.82) is 0 Å². The number of fused-ring (bicyclic) bond motifs is 3. The monoisotopic (exact) mass is 398 g/mol. The van der Waals surface area contributed by atoms with E-state index in [0.717, 1.165) is 47.9 Å². The molecule has 2 aromatic heterocycles. The van der Waals surface area contributed by atoms with Gasteiger partial charge >= 0.3 is 0 Å². The Balaban J connectivity index is 1.72. The zero-order chi connectivity index (χ0) is 19.5. The first-order valence-electron chi connectivity index (χ1n) is 10.1. The zero-order valence-electron chi connectivity index (χ0n) is 16.5. The van der Waals surface area contributed by atoms with Crippen molar-refractivity contribution in [3.8, 4) is 22.9 Å². The van der Waals surface area contributed by atoms with Gasteiger partial charge in [0.05, 0.1) is 19.1 Å². The number of ether oxygens (including phenoxy) is 2. The minimum Gasteiger partial charge on any atom is -0.493 e. The van der Waals surface area contributed by atoms with Gasteiger partial charge in [0.2, 0.25) is 0 Å². The number of unbranched alkanes of at least 4 members (excludes halogenated alkanes) is 1. The Hall–Kier alpha value is -2.34. The molecule has 1 aliphatic carbocycles. The molecule has 4 rings (SSSR count). The van der Waals surface area contributed by atoms with E-state index in [-0.39, 0.29) is 5.56 Å². The molecule has 0 aliphatic heterocycles. The summed E-state index contributed by atoms with van der Waals surface area (Å²) in [5.41, 5.74) is 2.00. The van der Waals surface area contributed by atoms with Gasteiger partial charge in [-0.1, -0.05) is 19.8 Å². The van der Waals surface area contributed by atoms with Crippen molar-refractivity contribution in [3.63, 3.8) is 0 Å².